The molecule has 1 heterocycles. The average molecular weight is 376 g/mol. The highest BCUT2D eigenvalue weighted by molar-refractivity contribution is 7.89. The number of ether oxygens (including phenoxy) is 2. The Morgan fingerprint density at radius 1 is 1.12 bits per heavy atom. The zero-order valence-electron chi connectivity index (χ0n) is 15.0. The molecular weight excluding hydrogens is 352 g/mol. The predicted octanol–water partition coefficient (Wildman–Crippen LogP) is 3.07. The molecule has 1 aromatic heterocycles. The van der Waals surface area contributed by atoms with Gasteiger partial charge in [0.15, 0.2) is 0 Å². The fourth-order valence-electron chi connectivity index (χ4n) is 3.05. The number of methoxy groups -OCH3 is 1. The molecule has 1 aliphatic rings. The number of sulfonamides is 1. The van der Waals surface area contributed by atoms with Crippen molar-refractivity contribution in [3.05, 3.63) is 48.2 Å². The minimum absolute atomic E-state index is 0.0720. The van der Waals surface area contributed by atoms with Crippen molar-refractivity contribution < 1.29 is 17.9 Å². The van der Waals surface area contributed by atoms with Crippen molar-refractivity contribution in [2.45, 2.75) is 49.6 Å². The summed E-state index contributed by atoms with van der Waals surface area (Å²) in [4.78, 5) is 4.48. The monoisotopic (exact) mass is 376 g/mol. The van der Waals surface area contributed by atoms with Gasteiger partial charge in [-0.15, -0.1) is 0 Å². The standard InChI is InChI=1S/C19H24N2O4S/c1-14-6-11-19(20-13-14)25-16-9-7-15(8-10-16)21-26(22,23)18-5-3-4-17(12-18)24-2/h3-6,11-13,15-16,21H,7-10H2,1-2H3. The molecule has 0 spiro atoms. The second kappa shape index (κ2) is 8.05. The Labute approximate surface area is 154 Å². The summed E-state index contributed by atoms with van der Waals surface area (Å²) in [7, 11) is -2.04. The molecule has 2 aromatic rings. The lowest BCUT2D eigenvalue weighted by Crippen LogP contribution is -2.39. The number of nitrogens with zero attached hydrogens (tertiary/aromatic N) is 1. The van der Waals surface area contributed by atoms with Crippen LogP contribution in [0.2, 0.25) is 0 Å². The number of benzene rings is 1. The van der Waals surface area contributed by atoms with Gasteiger partial charge >= 0.3 is 0 Å². The SMILES string of the molecule is COc1cccc(S(=O)(=O)NC2CCC(Oc3ccc(C)cn3)CC2)c1. The molecule has 0 aliphatic heterocycles. The van der Waals surface area contributed by atoms with E-state index in [0.29, 0.717) is 11.6 Å². The van der Waals surface area contributed by atoms with Crippen molar-refractivity contribution >= 4 is 10.0 Å². The van der Waals surface area contributed by atoms with Gasteiger partial charge < -0.3 is 9.47 Å². The maximum atomic E-state index is 12.6. The van der Waals surface area contributed by atoms with Crippen LogP contribution in [0.3, 0.4) is 0 Å². The largest absolute Gasteiger partial charge is 0.497 e. The van der Waals surface area contributed by atoms with E-state index in [0.717, 1.165) is 31.2 Å². The van der Waals surface area contributed by atoms with Gasteiger partial charge in [0, 0.05) is 24.4 Å². The number of nitrogens with one attached hydrogen (secondary N) is 1. The lowest BCUT2D eigenvalue weighted by Gasteiger charge is -2.29. The molecule has 0 atom stereocenters. The van der Waals surface area contributed by atoms with E-state index in [2.05, 4.69) is 9.71 Å². The van der Waals surface area contributed by atoms with Crippen LogP contribution < -0.4 is 14.2 Å². The van der Waals surface area contributed by atoms with E-state index in [9.17, 15) is 8.42 Å². The Hall–Kier alpha value is -2.12. The first kappa shape index (κ1) is 18.7. The van der Waals surface area contributed by atoms with Crippen molar-refractivity contribution in [2.24, 2.45) is 0 Å². The van der Waals surface area contributed by atoms with Crippen LogP contribution in [0.4, 0.5) is 0 Å². The van der Waals surface area contributed by atoms with Crippen molar-refractivity contribution in [1.29, 1.82) is 0 Å². The van der Waals surface area contributed by atoms with Crippen molar-refractivity contribution in [3.8, 4) is 11.6 Å². The topological polar surface area (TPSA) is 77.5 Å². The number of hydrogen-bond donors (Lipinski definition) is 1. The Bertz CT molecular complexity index is 829. The molecule has 3 rings (SSSR count). The molecule has 7 heteroatoms. The summed E-state index contributed by atoms with van der Waals surface area (Å²) >= 11 is 0. The highest BCUT2D eigenvalue weighted by Crippen LogP contribution is 2.25. The van der Waals surface area contributed by atoms with Gasteiger partial charge in [-0.25, -0.2) is 18.1 Å². The van der Waals surface area contributed by atoms with Crippen LogP contribution in [0, 0.1) is 6.92 Å². The van der Waals surface area contributed by atoms with Gasteiger partial charge in [0.1, 0.15) is 11.9 Å². The summed E-state index contributed by atoms with van der Waals surface area (Å²) in [6, 6.07) is 10.2. The van der Waals surface area contributed by atoms with Gasteiger partial charge in [0.05, 0.1) is 12.0 Å². The summed E-state index contributed by atoms with van der Waals surface area (Å²) in [6.45, 7) is 1.98. The first-order chi connectivity index (χ1) is 12.5. The minimum atomic E-state index is -3.56. The molecule has 0 amide bonds. The molecule has 1 fully saturated rings. The van der Waals surface area contributed by atoms with E-state index in [1.54, 1.807) is 24.4 Å². The predicted molar refractivity (Wildman–Crippen MR) is 99.0 cm³/mol. The van der Waals surface area contributed by atoms with Gasteiger partial charge in [-0.05, 0) is 50.3 Å². The number of aryl methyl sites for hydroxylation is 1. The highest BCUT2D eigenvalue weighted by atomic mass is 32.2. The van der Waals surface area contributed by atoms with Crippen LogP contribution >= 0.6 is 0 Å². The summed E-state index contributed by atoms with van der Waals surface area (Å²) in [5.41, 5.74) is 1.09. The second-order valence-electron chi connectivity index (χ2n) is 6.57. The van der Waals surface area contributed by atoms with Crippen LogP contribution in [0.5, 0.6) is 11.6 Å². The smallest absolute Gasteiger partial charge is 0.240 e. The molecule has 0 saturated heterocycles. The van der Waals surface area contributed by atoms with Crippen LogP contribution in [-0.4, -0.2) is 32.7 Å². The molecule has 6 nitrogen and oxygen atoms in total. The molecule has 140 valence electrons. The zero-order valence-corrected chi connectivity index (χ0v) is 15.8. The third-order valence-corrected chi connectivity index (χ3v) is 6.04. The first-order valence-corrected chi connectivity index (χ1v) is 10.2. The van der Waals surface area contributed by atoms with Gasteiger partial charge in [-0.2, -0.15) is 0 Å². The van der Waals surface area contributed by atoms with Gasteiger partial charge in [0.2, 0.25) is 15.9 Å². The number of hydrogen-bond acceptors (Lipinski definition) is 5. The van der Waals surface area contributed by atoms with E-state index < -0.39 is 10.0 Å². The van der Waals surface area contributed by atoms with Gasteiger partial charge in [-0.1, -0.05) is 12.1 Å². The van der Waals surface area contributed by atoms with Gasteiger partial charge in [0.25, 0.3) is 0 Å². The van der Waals surface area contributed by atoms with Crippen LogP contribution in [0.15, 0.2) is 47.5 Å². The normalized spacial score (nSPS) is 20.5. The summed E-state index contributed by atoms with van der Waals surface area (Å²) < 4.78 is 38.9. The first-order valence-electron chi connectivity index (χ1n) is 8.72. The van der Waals surface area contributed by atoms with Gasteiger partial charge in [-0.3, -0.25) is 0 Å². The number of aromatic nitrogens is 1. The van der Waals surface area contributed by atoms with Crippen LogP contribution in [-0.2, 0) is 10.0 Å². The number of pyridine rings is 1. The van der Waals surface area contributed by atoms with E-state index in [1.165, 1.54) is 13.2 Å². The Kier molecular flexibility index (Phi) is 5.78. The lowest BCUT2D eigenvalue weighted by molar-refractivity contribution is 0.138. The average Bonchev–Trinajstić information content (AvgIpc) is 2.65. The maximum absolute atomic E-state index is 12.6. The molecule has 1 aliphatic carbocycles. The van der Waals surface area contributed by atoms with Crippen molar-refractivity contribution in [3.63, 3.8) is 0 Å². The fourth-order valence-corrected chi connectivity index (χ4v) is 4.39. The molecule has 1 saturated carbocycles. The van der Waals surface area contributed by atoms with Crippen LogP contribution in [0.1, 0.15) is 31.2 Å². The molecule has 0 unspecified atom stereocenters. The third-order valence-electron chi connectivity index (χ3n) is 4.52. The van der Waals surface area contributed by atoms with E-state index in [4.69, 9.17) is 9.47 Å². The van der Waals surface area contributed by atoms with E-state index in [1.807, 2.05) is 19.1 Å². The Morgan fingerprint density at radius 2 is 1.88 bits per heavy atom. The molecule has 1 aromatic carbocycles. The molecule has 0 radical (unpaired) electrons. The summed E-state index contributed by atoms with van der Waals surface area (Å²) in [5.74, 6) is 1.14. The Balaban J connectivity index is 1.55. The third kappa shape index (κ3) is 4.74. The molecular formula is C19H24N2O4S. The van der Waals surface area contributed by atoms with Crippen molar-refractivity contribution in [1.82, 2.24) is 9.71 Å². The summed E-state index contributed by atoms with van der Waals surface area (Å²) in [6.07, 6.45) is 4.91. The van der Waals surface area contributed by atoms with E-state index in [-0.39, 0.29) is 17.0 Å². The quantitative estimate of drug-likeness (QED) is 0.838. The zero-order chi connectivity index (χ0) is 18.6. The Morgan fingerprint density at radius 3 is 2.54 bits per heavy atom. The lowest BCUT2D eigenvalue weighted by atomic mass is 9.94. The highest BCUT2D eigenvalue weighted by Gasteiger charge is 2.27. The van der Waals surface area contributed by atoms with Crippen LogP contribution in [0.25, 0.3) is 0 Å². The minimum Gasteiger partial charge on any atom is -0.497 e. The molecule has 0 bridgehead atoms. The fraction of sp³-hybridized carbons (Fsp3) is 0.421. The van der Waals surface area contributed by atoms with E-state index >= 15 is 0 Å². The molecule has 26 heavy (non-hydrogen) atoms. The van der Waals surface area contributed by atoms with Crippen molar-refractivity contribution in [2.75, 3.05) is 7.11 Å². The molecule has 1 N–H and O–H groups in total. The maximum Gasteiger partial charge on any atom is 0.240 e. The number of rotatable bonds is 6. The summed E-state index contributed by atoms with van der Waals surface area (Å²) in [5, 5.41) is 0. The second-order valence-corrected chi connectivity index (χ2v) is 8.28.